The van der Waals surface area contributed by atoms with Gasteiger partial charge in [-0.1, -0.05) is 26.0 Å². The summed E-state index contributed by atoms with van der Waals surface area (Å²) in [7, 11) is 3.25. The molecule has 1 fully saturated rings. The van der Waals surface area contributed by atoms with Gasteiger partial charge in [0.25, 0.3) is 5.91 Å². The van der Waals surface area contributed by atoms with Crippen molar-refractivity contribution in [3.05, 3.63) is 66.1 Å². The molecule has 1 saturated heterocycles. The lowest BCUT2D eigenvalue weighted by molar-refractivity contribution is -0.0266. The fraction of sp³-hybridized carbons (Fsp3) is 0.357. The van der Waals surface area contributed by atoms with Gasteiger partial charge in [0.05, 0.1) is 43.8 Å². The first kappa shape index (κ1) is 24.7. The molecule has 0 aliphatic carbocycles. The zero-order valence-corrected chi connectivity index (χ0v) is 21.6. The first-order chi connectivity index (χ1) is 18.0. The molecule has 1 amide bonds. The number of amides is 1. The molecule has 1 aliphatic rings. The monoisotopic (exact) mass is 500 g/mol. The van der Waals surface area contributed by atoms with Crippen LogP contribution < -0.4 is 15.4 Å². The van der Waals surface area contributed by atoms with Gasteiger partial charge in [-0.05, 0) is 41.7 Å². The van der Waals surface area contributed by atoms with E-state index in [9.17, 15) is 4.79 Å². The molecule has 1 aliphatic heterocycles. The third-order valence-electron chi connectivity index (χ3n) is 7.20. The van der Waals surface area contributed by atoms with Crippen LogP contribution in [0.25, 0.3) is 22.2 Å². The molecule has 1 unspecified atom stereocenters. The minimum atomic E-state index is -0.132. The lowest BCUT2D eigenvalue weighted by atomic mass is 9.87. The summed E-state index contributed by atoms with van der Waals surface area (Å²) in [5.41, 5.74) is 4.62. The maximum absolute atomic E-state index is 12.0. The molecule has 37 heavy (non-hydrogen) atoms. The van der Waals surface area contributed by atoms with Gasteiger partial charge >= 0.3 is 0 Å². The highest BCUT2D eigenvalue weighted by Crippen LogP contribution is 2.33. The summed E-state index contributed by atoms with van der Waals surface area (Å²) < 4.78 is 13.0. The average Bonchev–Trinajstić information content (AvgIpc) is 3.32. The standard InChI is InChI=1S/C28H32N6O3/c1-17(18(2)23-7-5-20(28(35)29-3)10-26(23)36-4)12-30-27-11-24(31-16-32-27)19-6-8-25-21(9-19)13-33-34(25)22-14-37-15-22/h5-11,13,16-18,22H,12,14-15H2,1-4H3,(H,29,35)(H,30,31,32)/t17?,18-/m1/s1. The van der Waals surface area contributed by atoms with Gasteiger partial charge in [0.2, 0.25) is 0 Å². The number of benzene rings is 2. The number of rotatable bonds is 9. The minimum absolute atomic E-state index is 0.132. The Morgan fingerprint density at radius 3 is 2.73 bits per heavy atom. The molecule has 3 heterocycles. The summed E-state index contributed by atoms with van der Waals surface area (Å²) in [4.78, 5) is 20.9. The maximum atomic E-state index is 12.0. The lowest BCUT2D eigenvalue weighted by Crippen LogP contribution is -2.31. The molecule has 0 spiro atoms. The smallest absolute Gasteiger partial charge is 0.251 e. The highest BCUT2D eigenvalue weighted by Gasteiger charge is 2.23. The number of anilines is 1. The van der Waals surface area contributed by atoms with Crippen molar-refractivity contribution >= 4 is 22.6 Å². The normalized spacial score (nSPS) is 15.1. The van der Waals surface area contributed by atoms with Crippen LogP contribution in [0, 0.1) is 5.92 Å². The Kier molecular flexibility index (Phi) is 7.05. The molecule has 2 N–H and O–H groups in total. The third kappa shape index (κ3) is 4.99. The molecule has 0 saturated carbocycles. The van der Waals surface area contributed by atoms with Crippen molar-refractivity contribution in [1.29, 1.82) is 0 Å². The van der Waals surface area contributed by atoms with Crippen LogP contribution in [0.1, 0.15) is 41.7 Å². The summed E-state index contributed by atoms with van der Waals surface area (Å²) >= 11 is 0. The van der Waals surface area contributed by atoms with Gasteiger partial charge in [0.1, 0.15) is 17.9 Å². The van der Waals surface area contributed by atoms with E-state index in [1.807, 2.05) is 29.1 Å². The Morgan fingerprint density at radius 1 is 1.16 bits per heavy atom. The van der Waals surface area contributed by atoms with Crippen molar-refractivity contribution in [1.82, 2.24) is 25.1 Å². The molecule has 9 nitrogen and oxygen atoms in total. The number of fused-ring (bicyclic) bond motifs is 1. The predicted octanol–water partition coefficient (Wildman–Crippen LogP) is 4.28. The van der Waals surface area contributed by atoms with Gasteiger partial charge in [-0.3, -0.25) is 9.48 Å². The second kappa shape index (κ2) is 10.6. The van der Waals surface area contributed by atoms with Crippen molar-refractivity contribution in [3.63, 3.8) is 0 Å². The first-order valence-electron chi connectivity index (χ1n) is 12.5. The van der Waals surface area contributed by atoms with Crippen LogP contribution >= 0.6 is 0 Å². The van der Waals surface area contributed by atoms with Crippen LogP contribution in [-0.4, -0.2) is 59.6 Å². The molecule has 2 aromatic carbocycles. The number of methoxy groups -OCH3 is 1. The van der Waals surface area contributed by atoms with Crippen LogP contribution in [0.4, 0.5) is 5.82 Å². The molecule has 0 radical (unpaired) electrons. The van der Waals surface area contributed by atoms with E-state index in [0.717, 1.165) is 33.5 Å². The van der Waals surface area contributed by atoms with Gasteiger partial charge in [0, 0.05) is 36.2 Å². The quantitative estimate of drug-likeness (QED) is 0.353. The summed E-state index contributed by atoms with van der Waals surface area (Å²) in [5.74, 6) is 1.83. The molecule has 5 rings (SSSR count). The van der Waals surface area contributed by atoms with Crippen LogP contribution in [0.3, 0.4) is 0 Å². The summed E-state index contributed by atoms with van der Waals surface area (Å²) in [6.07, 6.45) is 3.49. The van der Waals surface area contributed by atoms with Crippen molar-refractivity contribution < 1.29 is 14.3 Å². The highest BCUT2D eigenvalue weighted by atomic mass is 16.5. The average molecular weight is 501 g/mol. The fourth-order valence-electron chi connectivity index (χ4n) is 4.60. The number of hydrogen-bond donors (Lipinski definition) is 2. The summed E-state index contributed by atoms with van der Waals surface area (Å²) in [6, 6.07) is 14.2. The van der Waals surface area contributed by atoms with Gasteiger partial charge in [-0.2, -0.15) is 5.10 Å². The Bertz CT molecular complexity index is 1410. The molecule has 192 valence electrons. The number of aromatic nitrogens is 4. The Hall–Kier alpha value is -3.98. The van der Waals surface area contributed by atoms with Crippen LogP contribution in [0.15, 0.2) is 55.0 Å². The fourth-order valence-corrected chi connectivity index (χ4v) is 4.60. The number of carbonyl (C=O) groups excluding carboxylic acids is 1. The maximum Gasteiger partial charge on any atom is 0.251 e. The first-order valence-corrected chi connectivity index (χ1v) is 12.5. The topological polar surface area (TPSA) is 103 Å². The largest absolute Gasteiger partial charge is 0.496 e. The molecule has 2 aromatic heterocycles. The molecule has 2 atom stereocenters. The van der Waals surface area contributed by atoms with E-state index in [1.54, 1.807) is 26.6 Å². The number of nitrogens with one attached hydrogen (secondary N) is 2. The molecular weight excluding hydrogens is 468 g/mol. The van der Waals surface area contributed by atoms with E-state index in [4.69, 9.17) is 9.47 Å². The van der Waals surface area contributed by atoms with Crippen LogP contribution in [0.2, 0.25) is 0 Å². The zero-order valence-electron chi connectivity index (χ0n) is 21.6. The van der Waals surface area contributed by atoms with Crippen LogP contribution in [0.5, 0.6) is 5.75 Å². The summed E-state index contributed by atoms with van der Waals surface area (Å²) in [6.45, 7) is 6.49. The number of ether oxygens (including phenoxy) is 2. The van der Waals surface area contributed by atoms with E-state index in [-0.39, 0.29) is 17.7 Å². The SMILES string of the molecule is CNC(=O)c1ccc([C@H](C)C(C)CNc2cc(-c3ccc4c(cnn4C4COC4)c3)ncn2)c(OC)c1. The predicted molar refractivity (Wildman–Crippen MR) is 143 cm³/mol. The van der Waals surface area contributed by atoms with Crippen LogP contribution in [-0.2, 0) is 4.74 Å². The zero-order chi connectivity index (χ0) is 25.9. The van der Waals surface area contributed by atoms with E-state index in [1.165, 1.54) is 0 Å². The third-order valence-corrected chi connectivity index (χ3v) is 7.20. The van der Waals surface area contributed by atoms with Crippen molar-refractivity contribution in [2.45, 2.75) is 25.8 Å². The summed E-state index contributed by atoms with van der Waals surface area (Å²) in [5, 5.41) is 11.8. The second-order valence-electron chi connectivity index (χ2n) is 9.53. The minimum Gasteiger partial charge on any atom is -0.496 e. The number of carbonyl (C=O) groups is 1. The number of nitrogens with zero attached hydrogens (tertiary/aromatic N) is 4. The van der Waals surface area contributed by atoms with Gasteiger partial charge < -0.3 is 20.1 Å². The molecule has 9 heteroatoms. The van der Waals surface area contributed by atoms with Crippen molar-refractivity contribution in [2.24, 2.45) is 5.92 Å². The number of hydrogen-bond acceptors (Lipinski definition) is 7. The van der Waals surface area contributed by atoms with E-state index in [0.29, 0.717) is 37.1 Å². The molecule has 4 aromatic rings. The van der Waals surface area contributed by atoms with E-state index < -0.39 is 0 Å². The van der Waals surface area contributed by atoms with Crippen molar-refractivity contribution in [3.8, 4) is 17.0 Å². The Balaban J connectivity index is 1.27. The Labute approximate surface area is 216 Å². The van der Waals surface area contributed by atoms with Gasteiger partial charge in [0.15, 0.2) is 0 Å². The lowest BCUT2D eigenvalue weighted by Gasteiger charge is -2.26. The second-order valence-corrected chi connectivity index (χ2v) is 9.53. The Morgan fingerprint density at radius 2 is 2.00 bits per heavy atom. The van der Waals surface area contributed by atoms with Gasteiger partial charge in [-0.25, -0.2) is 9.97 Å². The molecule has 0 bridgehead atoms. The van der Waals surface area contributed by atoms with Crippen molar-refractivity contribution in [2.75, 3.05) is 39.2 Å². The van der Waals surface area contributed by atoms with E-state index >= 15 is 0 Å². The molecular formula is C28H32N6O3. The highest BCUT2D eigenvalue weighted by molar-refractivity contribution is 5.94. The van der Waals surface area contributed by atoms with Gasteiger partial charge in [-0.15, -0.1) is 0 Å². The van der Waals surface area contributed by atoms with E-state index in [2.05, 4.69) is 57.7 Å².